The summed E-state index contributed by atoms with van der Waals surface area (Å²) in [4.78, 5) is 21.1. The molecule has 0 aliphatic rings. The number of amides is 1. The molecule has 152 valence electrons. The third-order valence-corrected chi connectivity index (χ3v) is 5.99. The monoisotopic (exact) mass is 431 g/mol. The molecule has 5 aromatic rings. The highest BCUT2D eigenvalue weighted by Crippen LogP contribution is 2.44. The molecule has 6 N–H and O–H groups in total. The predicted molar refractivity (Wildman–Crippen MR) is 116 cm³/mol. The molecule has 1 amide bonds. The molecule has 0 spiro atoms. The highest BCUT2D eigenvalue weighted by molar-refractivity contribution is 7.21. The van der Waals surface area contributed by atoms with Crippen LogP contribution in [0.15, 0.2) is 41.2 Å². The van der Waals surface area contributed by atoms with E-state index >= 15 is 0 Å². The second kappa shape index (κ2) is 6.82. The molecule has 1 aromatic carbocycles. The largest absolute Gasteiger partial charge is 0.397 e. The van der Waals surface area contributed by atoms with Crippen molar-refractivity contribution >= 4 is 55.8 Å². The number of nitriles is 1. The van der Waals surface area contributed by atoms with E-state index in [0.29, 0.717) is 15.8 Å². The summed E-state index contributed by atoms with van der Waals surface area (Å²) in [6, 6.07) is 9.74. The van der Waals surface area contributed by atoms with Crippen molar-refractivity contribution in [1.29, 1.82) is 5.26 Å². The molecular formula is C20H15N8O2S+. The number of aromatic amines is 1. The molecule has 0 unspecified atom stereocenters. The van der Waals surface area contributed by atoms with Gasteiger partial charge in [0.25, 0.3) is 12.1 Å². The maximum atomic E-state index is 12.9. The van der Waals surface area contributed by atoms with Crippen LogP contribution in [0.2, 0.25) is 0 Å². The van der Waals surface area contributed by atoms with Crippen LogP contribution in [0.5, 0.6) is 0 Å². The normalized spacial score (nSPS) is 11.1. The maximum Gasteiger partial charge on any atom is 0.302 e. The standard InChI is InChI=1S/C20H14N8O2S/c1-28-8-13(30-27-28)25-19(29)17-16(22)15-14(11(7-21)18(23)26-20(15)31-17)10-3-2-4-12-9(10)5-6-24-12/h2-6,8H,1H3,(H5-,22,23,24,25,26,27,29)/p+1. The first-order chi connectivity index (χ1) is 15.0. The van der Waals surface area contributed by atoms with Gasteiger partial charge in [0.15, 0.2) is 12.3 Å². The van der Waals surface area contributed by atoms with Crippen LogP contribution in [0.1, 0.15) is 15.2 Å². The van der Waals surface area contributed by atoms with E-state index in [0.717, 1.165) is 27.8 Å². The fourth-order valence-electron chi connectivity index (χ4n) is 3.57. The molecule has 0 radical (unpaired) electrons. The Kier molecular flexibility index (Phi) is 4.09. The fourth-order valence-corrected chi connectivity index (χ4v) is 4.58. The van der Waals surface area contributed by atoms with Crippen molar-refractivity contribution in [1.82, 2.24) is 15.2 Å². The number of carbonyl (C=O) groups is 1. The van der Waals surface area contributed by atoms with Crippen molar-refractivity contribution in [2.75, 3.05) is 16.8 Å². The molecule has 5 rings (SSSR count). The fraction of sp³-hybridized carbons (Fsp3) is 0.0500. The molecule has 4 aromatic heterocycles. The number of nitrogen functional groups attached to an aromatic ring is 2. The van der Waals surface area contributed by atoms with Gasteiger partial charge in [-0.05, 0) is 17.7 Å². The molecule has 10 nitrogen and oxygen atoms in total. The molecule has 31 heavy (non-hydrogen) atoms. The Bertz CT molecular complexity index is 1540. The summed E-state index contributed by atoms with van der Waals surface area (Å²) in [6.45, 7) is 0. The lowest BCUT2D eigenvalue weighted by Gasteiger charge is -2.11. The van der Waals surface area contributed by atoms with Crippen LogP contribution in [0.3, 0.4) is 0 Å². The van der Waals surface area contributed by atoms with Gasteiger partial charge in [-0.1, -0.05) is 16.8 Å². The smallest absolute Gasteiger partial charge is 0.302 e. The van der Waals surface area contributed by atoms with Gasteiger partial charge in [-0.15, -0.1) is 11.3 Å². The van der Waals surface area contributed by atoms with E-state index in [-0.39, 0.29) is 27.8 Å². The zero-order valence-electron chi connectivity index (χ0n) is 16.1. The molecule has 4 heterocycles. The predicted octanol–water partition coefficient (Wildman–Crippen LogP) is 2.55. The highest BCUT2D eigenvalue weighted by Gasteiger charge is 2.26. The molecule has 0 saturated carbocycles. The minimum Gasteiger partial charge on any atom is -0.397 e. The van der Waals surface area contributed by atoms with Gasteiger partial charge in [-0.2, -0.15) is 5.26 Å². The topological polar surface area (TPSA) is 164 Å². The van der Waals surface area contributed by atoms with E-state index in [2.05, 4.69) is 26.6 Å². The van der Waals surface area contributed by atoms with Gasteiger partial charge in [-0.25, -0.2) is 4.98 Å². The summed E-state index contributed by atoms with van der Waals surface area (Å²) in [7, 11) is 1.66. The maximum absolute atomic E-state index is 12.9. The number of hydrogen-bond acceptors (Lipinski definition) is 8. The third kappa shape index (κ3) is 2.85. The van der Waals surface area contributed by atoms with Crippen molar-refractivity contribution in [3.05, 3.63) is 47.1 Å². The Morgan fingerprint density at radius 1 is 1.35 bits per heavy atom. The number of carbonyl (C=O) groups excluding carboxylic acids is 1. The summed E-state index contributed by atoms with van der Waals surface area (Å²) in [5, 5.41) is 17.5. The lowest BCUT2D eigenvalue weighted by atomic mass is 9.94. The first-order valence-electron chi connectivity index (χ1n) is 9.10. The van der Waals surface area contributed by atoms with E-state index in [1.807, 2.05) is 30.5 Å². The summed E-state index contributed by atoms with van der Waals surface area (Å²) in [6.07, 6.45) is 3.33. The van der Waals surface area contributed by atoms with E-state index in [1.54, 1.807) is 7.05 Å². The Morgan fingerprint density at radius 2 is 2.19 bits per heavy atom. The Balaban J connectivity index is 1.76. The van der Waals surface area contributed by atoms with Gasteiger partial charge < -0.3 is 16.5 Å². The van der Waals surface area contributed by atoms with Crippen LogP contribution in [-0.4, -0.2) is 21.1 Å². The van der Waals surface area contributed by atoms with Crippen LogP contribution >= 0.6 is 11.3 Å². The Hall–Kier alpha value is -4.43. The average molecular weight is 431 g/mol. The van der Waals surface area contributed by atoms with Gasteiger partial charge in [0.1, 0.15) is 27.2 Å². The number of thiophene rings is 1. The number of aryl methyl sites for hydroxylation is 1. The number of anilines is 3. The van der Waals surface area contributed by atoms with Gasteiger partial charge in [0, 0.05) is 28.0 Å². The summed E-state index contributed by atoms with van der Waals surface area (Å²) in [5.74, 6) is -0.222. The van der Waals surface area contributed by atoms with Crippen LogP contribution < -0.4 is 21.5 Å². The lowest BCUT2D eigenvalue weighted by molar-refractivity contribution is -0.739. The highest BCUT2D eigenvalue weighted by atomic mass is 32.1. The first kappa shape index (κ1) is 18.6. The van der Waals surface area contributed by atoms with Gasteiger partial charge in [0.2, 0.25) is 0 Å². The molecule has 0 aliphatic carbocycles. The molecule has 0 atom stereocenters. The number of H-pyrrole nitrogens is 1. The van der Waals surface area contributed by atoms with Crippen molar-refractivity contribution < 1.29 is 14.0 Å². The Labute approximate surface area is 178 Å². The van der Waals surface area contributed by atoms with Crippen molar-refractivity contribution in [3.8, 4) is 17.2 Å². The quantitative estimate of drug-likeness (QED) is 0.319. The number of benzene rings is 1. The number of nitrogens with zero attached hydrogens (tertiary/aromatic N) is 4. The first-order valence-corrected chi connectivity index (χ1v) is 9.91. The van der Waals surface area contributed by atoms with Crippen molar-refractivity contribution in [2.45, 2.75) is 0 Å². The van der Waals surface area contributed by atoms with Gasteiger partial charge >= 0.3 is 5.88 Å². The molecule has 0 aliphatic heterocycles. The zero-order valence-corrected chi connectivity index (χ0v) is 16.9. The van der Waals surface area contributed by atoms with Crippen LogP contribution in [0.25, 0.3) is 32.2 Å². The minimum atomic E-state index is -0.472. The van der Waals surface area contributed by atoms with Crippen LogP contribution in [0.4, 0.5) is 17.4 Å². The van der Waals surface area contributed by atoms with E-state index in [9.17, 15) is 10.1 Å². The van der Waals surface area contributed by atoms with Crippen molar-refractivity contribution in [3.63, 3.8) is 0 Å². The SMILES string of the molecule is C[n+]1cc(NC(=O)c2sc3nc(N)c(C#N)c(-c4cccc5[nH]ccc45)c3c2N)on1. The number of nitrogens with two attached hydrogens (primary N) is 2. The molecule has 11 heteroatoms. The summed E-state index contributed by atoms with van der Waals surface area (Å²) < 4.78 is 6.44. The zero-order chi connectivity index (χ0) is 21.7. The number of nitrogens with one attached hydrogen (secondary N) is 2. The molecular weight excluding hydrogens is 416 g/mol. The number of fused-ring (bicyclic) bond motifs is 2. The summed E-state index contributed by atoms with van der Waals surface area (Å²) in [5.41, 5.74) is 15.2. The lowest BCUT2D eigenvalue weighted by Crippen LogP contribution is -2.28. The molecule has 0 fully saturated rings. The van der Waals surface area contributed by atoms with Gasteiger partial charge in [-0.3, -0.25) is 14.6 Å². The molecule has 0 bridgehead atoms. The number of aromatic nitrogens is 4. The third-order valence-electron chi connectivity index (χ3n) is 4.90. The Morgan fingerprint density at radius 3 is 2.94 bits per heavy atom. The summed E-state index contributed by atoms with van der Waals surface area (Å²) >= 11 is 1.09. The number of pyridine rings is 1. The van der Waals surface area contributed by atoms with Crippen molar-refractivity contribution in [2.24, 2.45) is 7.05 Å². The molecule has 0 saturated heterocycles. The minimum absolute atomic E-state index is 0.0769. The van der Waals surface area contributed by atoms with E-state index in [1.165, 1.54) is 10.9 Å². The van der Waals surface area contributed by atoms with Gasteiger partial charge in [0.05, 0.1) is 5.69 Å². The van der Waals surface area contributed by atoms with E-state index < -0.39 is 5.91 Å². The number of hydrogen-bond donors (Lipinski definition) is 4. The van der Waals surface area contributed by atoms with Crippen LogP contribution in [-0.2, 0) is 7.05 Å². The average Bonchev–Trinajstić information content (AvgIpc) is 3.46. The second-order valence-corrected chi connectivity index (χ2v) is 7.82. The van der Waals surface area contributed by atoms with Crippen LogP contribution in [0, 0.1) is 11.3 Å². The van der Waals surface area contributed by atoms with E-state index in [4.69, 9.17) is 16.0 Å². The number of rotatable bonds is 3. The second-order valence-electron chi connectivity index (χ2n) is 6.82.